The summed E-state index contributed by atoms with van der Waals surface area (Å²) in [6, 6.07) is 6.32. The van der Waals surface area contributed by atoms with Crippen LogP contribution in [0.3, 0.4) is 0 Å². The number of ether oxygens (including phenoxy) is 1. The molecule has 25 heavy (non-hydrogen) atoms. The summed E-state index contributed by atoms with van der Waals surface area (Å²) in [6.07, 6.45) is 3.13. The highest BCUT2D eigenvalue weighted by atomic mass is 19.1. The van der Waals surface area contributed by atoms with Crippen LogP contribution in [0.25, 0.3) is 0 Å². The zero-order valence-corrected chi connectivity index (χ0v) is 14.2. The fraction of sp³-hybridized carbons (Fsp3) is 0.471. The van der Waals surface area contributed by atoms with E-state index in [-0.39, 0.29) is 17.8 Å². The smallest absolute Gasteiger partial charge is 0.236 e. The molecule has 1 aromatic carbocycles. The molecule has 3 rings (SSSR count). The number of amides is 1. The summed E-state index contributed by atoms with van der Waals surface area (Å²) in [5.41, 5.74) is 0.780. The van der Waals surface area contributed by atoms with E-state index in [9.17, 15) is 9.18 Å². The summed E-state index contributed by atoms with van der Waals surface area (Å²) in [5.74, 6) is -0.284. The van der Waals surface area contributed by atoms with E-state index < -0.39 is 0 Å². The Bertz CT molecular complexity index is 694. The van der Waals surface area contributed by atoms with Gasteiger partial charge in [-0.3, -0.25) is 14.4 Å². The Balaban J connectivity index is 1.49. The van der Waals surface area contributed by atoms with Crippen LogP contribution < -0.4 is 0 Å². The molecular formula is C17H22FN5O2. The van der Waals surface area contributed by atoms with Gasteiger partial charge >= 0.3 is 0 Å². The second-order valence-electron chi connectivity index (χ2n) is 6.23. The molecule has 0 radical (unpaired) electrons. The number of morpholine rings is 1. The summed E-state index contributed by atoms with van der Waals surface area (Å²) < 4.78 is 20.7. The van der Waals surface area contributed by atoms with Crippen molar-refractivity contribution in [3.05, 3.63) is 48.3 Å². The van der Waals surface area contributed by atoms with Gasteiger partial charge in [0.1, 0.15) is 18.5 Å². The first-order valence-electron chi connectivity index (χ1n) is 8.25. The molecule has 1 aliphatic rings. The highest BCUT2D eigenvalue weighted by molar-refractivity contribution is 5.78. The van der Waals surface area contributed by atoms with Crippen LogP contribution in [-0.4, -0.2) is 69.9 Å². The molecule has 1 atom stereocenters. The highest BCUT2D eigenvalue weighted by Crippen LogP contribution is 2.10. The first kappa shape index (κ1) is 17.5. The quantitative estimate of drug-likeness (QED) is 0.773. The highest BCUT2D eigenvalue weighted by Gasteiger charge is 2.23. The summed E-state index contributed by atoms with van der Waals surface area (Å²) in [5, 5.41) is 4.08. The minimum Gasteiger partial charge on any atom is -0.374 e. The molecule has 1 aromatic heterocycles. The van der Waals surface area contributed by atoms with Crippen LogP contribution in [0.15, 0.2) is 36.9 Å². The third-order valence-electron chi connectivity index (χ3n) is 4.17. The lowest BCUT2D eigenvalue weighted by atomic mass is 10.2. The van der Waals surface area contributed by atoms with Gasteiger partial charge in [-0.05, 0) is 17.7 Å². The zero-order chi connectivity index (χ0) is 17.6. The normalized spacial score (nSPS) is 18.2. The van der Waals surface area contributed by atoms with E-state index in [1.54, 1.807) is 29.0 Å². The maximum absolute atomic E-state index is 13.3. The van der Waals surface area contributed by atoms with Crippen LogP contribution in [0.4, 0.5) is 4.39 Å². The molecule has 8 heteroatoms. The summed E-state index contributed by atoms with van der Waals surface area (Å²) in [7, 11) is 1.74. The first-order valence-corrected chi connectivity index (χ1v) is 8.25. The third kappa shape index (κ3) is 5.07. The number of rotatable bonds is 6. The lowest BCUT2D eigenvalue weighted by molar-refractivity contribution is -0.133. The number of hydrogen-bond donors (Lipinski definition) is 0. The second kappa shape index (κ2) is 8.17. The first-order chi connectivity index (χ1) is 12.1. The second-order valence-corrected chi connectivity index (χ2v) is 6.23. The number of hydrogen-bond acceptors (Lipinski definition) is 5. The predicted octanol–water partition coefficient (Wildman–Crippen LogP) is 0.777. The van der Waals surface area contributed by atoms with Crippen molar-refractivity contribution in [3.8, 4) is 0 Å². The van der Waals surface area contributed by atoms with E-state index in [2.05, 4.69) is 15.0 Å². The zero-order valence-electron chi connectivity index (χ0n) is 14.2. The average Bonchev–Trinajstić information content (AvgIpc) is 3.08. The molecule has 2 heterocycles. The molecule has 1 saturated heterocycles. The minimum absolute atomic E-state index is 0.00525. The number of nitrogens with zero attached hydrogens (tertiary/aromatic N) is 5. The topological polar surface area (TPSA) is 63.5 Å². The van der Waals surface area contributed by atoms with Gasteiger partial charge in [-0.1, -0.05) is 12.1 Å². The Morgan fingerprint density at radius 3 is 3.12 bits per heavy atom. The van der Waals surface area contributed by atoms with Gasteiger partial charge in [0.2, 0.25) is 5.91 Å². The number of carbonyl (C=O) groups excluding carboxylic acids is 1. The van der Waals surface area contributed by atoms with Crippen LogP contribution in [0.1, 0.15) is 5.56 Å². The molecule has 2 aromatic rings. The monoisotopic (exact) mass is 347 g/mol. The van der Waals surface area contributed by atoms with E-state index in [1.807, 2.05) is 6.07 Å². The molecule has 0 aliphatic carbocycles. The largest absolute Gasteiger partial charge is 0.374 e. The lowest BCUT2D eigenvalue weighted by Gasteiger charge is -2.33. The van der Waals surface area contributed by atoms with Crippen molar-refractivity contribution in [3.63, 3.8) is 0 Å². The summed E-state index contributed by atoms with van der Waals surface area (Å²) in [6.45, 7) is 3.29. The third-order valence-corrected chi connectivity index (χ3v) is 4.17. The standard InChI is InChI=1S/C17H22FN5O2/c1-21(8-14-3-2-4-15(18)7-14)17(24)11-22-5-6-25-16(9-22)10-23-13-19-12-20-23/h2-4,7,12-13,16H,5-6,8-11H2,1H3. The van der Waals surface area contributed by atoms with Crippen LogP contribution in [-0.2, 0) is 22.6 Å². The maximum Gasteiger partial charge on any atom is 0.236 e. The molecule has 1 unspecified atom stereocenters. The van der Waals surface area contributed by atoms with Gasteiger partial charge in [0.25, 0.3) is 0 Å². The molecular weight excluding hydrogens is 325 g/mol. The number of carbonyl (C=O) groups is 1. The van der Waals surface area contributed by atoms with E-state index in [0.29, 0.717) is 39.3 Å². The molecule has 0 N–H and O–H groups in total. The molecule has 0 bridgehead atoms. The van der Waals surface area contributed by atoms with E-state index in [1.165, 1.54) is 18.5 Å². The SMILES string of the molecule is CN(Cc1cccc(F)c1)C(=O)CN1CCOC(Cn2cncn2)C1. The molecule has 134 valence electrons. The number of halogens is 1. The van der Waals surface area contributed by atoms with Crippen LogP contribution >= 0.6 is 0 Å². The molecule has 7 nitrogen and oxygen atoms in total. The van der Waals surface area contributed by atoms with Gasteiger partial charge in [0, 0.05) is 26.7 Å². The number of likely N-dealkylation sites (N-methyl/N-ethyl adjacent to an activating group) is 1. The van der Waals surface area contributed by atoms with Crippen LogP contribution in [0.5, 0.6) is 0 Å². The van der Waals surface area contributed by atoms with Gasteiger partial charge < -0.3 is 9.64 Å². The Kier molecular flexibility index (Phi) is 5.72. The van der Waals surface area contributed by atoms with Crippen molar-refractivity contribution in [2.24, 2.45) is 0 Å². The van der Waals surface area contributed by atoms with Crippen molar-refractivity contribution in [2.75, 3.05) is 33.3 Å². The Morgan fingerprint density at radius 1 is 1.48 bits per heavy atom. The summed E-state index contributed by atoms with van der Waals surface area (Å²) >= 11 is 0. The van der Waals surface area contributed by atoms with Crippen molar-refractivity contribution in [1.29, 1.82) is 0 Å². The molecule has 1 aliphatic heterocycles. The predicted molar refractivity (Wildman–Crippen MR) is 89.1 cm³/mol. The lowest BCUT2D eigenvalue weighted by Crippen LogP contribution is -2.48. The van der Waals surface area contributed by atoms with Crippen molar-refractivity contribution in [1.82, 2.24) is 24.6 Å². The average molecular weight is 347 g/mol. The number of benzene rings is 1. The van der Waals surface area contributed by atoms with Crippen LogP contribution in [0.2, 0.25) is 0 Å². The van der Waals surface area contributed by atoms with E-state index in [0.717, 1.165) is 5.56 Å². The maximum atomic E-state index is 13.3. The van der Waals surface area contributed by atoms with Crippen LogP contribution in [0, 0.1) is 5.82 Å². The number of aromatic nitrogens is 3. The van der Waals surface area contributed by atoms with Gasteiger partial charge in [0.15, 0.2) is 0 Å². The van der Waals surface area contributed by atoms with Crippen molar-refractivity contribution >= 4 is 5.91 Å². The van der Waals surface area contributed by atoms with E-state index in [4.69, 9.17) is 4.74 Å². The van der Waals surface area contributed by atoms with Crippen molar-refractivity contribution < 1.29 is 13.9 Å². The Morgan fingerprint density at radius 2 is 2.36 bits per heavy atom. The van der Waals surface area contributed by atoms with Gasteiger partial charge in [-0.25, -0.2) is 9.37 Å². The van der Waals surface area contributed by atoms with Gasteiger partial charge in [-0.15, -0.1) is 0 Å². The molecule has 0 spiro atoms. The molecule has 0 saturated carbocycles. The fourth-order valence-corrected chi connectivity index (χ4v) is 2.88. The van der Waals surface area contributed by atoms with Crippen molar-refractivity contribution in [2.45, 2.75) is 19.2 Å². The fourth-order valence-electron chi connectivity index (χ4n) is 2.88. The Hall–Kier alpha value is -2.32. The van der Waals surface area contributed by atoms with Gasteiger partial charge in [-0.2, -0.15) is 5.10 Å². The van der Waals surface area contributed by atoms with Gasteiger partial charge in [0.05, 0.1) is 25.8 Å². The Labute approximate surface area is 146 Å². The molecule has 1 fully saturated rings. The van der Waals surface area contributed by atoms with E-state index >= 15 is 0 Å². The minimum atomic E-state index is -0.289. The summed E-state index contributed by atoms with van der Waals surface area (Å²) in [4.78, 5) is 20.1. The molecule has 1 amide bonds.